The number of methoxy groups -OCH3 is 2. The SMILES string of the molecule is COc1cc(C2C3=CCC4C(=O)N(c5ccc(N6CCOCC6)cc5)C(=O)C4C3CC3(Cl)C(=O)N(c4ccc(F)cc4)C(=O)C23Cl)cc(OC)c1O. The average molecular weight is 751 g/mol. The molecule has 0 radical (unpaired) electrons. The van der Waals surface area contributed by atoms with E-state index >= 15 is 0 Å². The zero-order valence-electron chi connectivity index (χ0n) is 28.2. The fourth-order valence-corrected chi connectivity index (χ4v) is 9.68. The largest absolute Gasteiger partial charge is 0.502 e. The fourth-order valence-electron chi connectivity index (χ4n) is 8.74. The lowest BCUT2D eigenvalue weighted by atomic mass is 9.56. The highest BCUT2D eigenvalue weighted by Gasteiger charge is 2.76. The molecule has 6 atom stereocenters. The van der Waals surface area contributed by atoms with Crippen molar-refractivity contribution < 1.29 is 42.9 Å². The first kappa shape index (κ1) is 34.4. The number of rotatable bonds is 6. The highest BCUT2D eigenvalue weighted by Crippen LogP contribution is 2.66. The molecule has 3 heterocycles. The maximum absolute atomic E-state index is 14.6. The number of fused-ring (bicyclic) bond motifs is 4. The van der Waals surface area contributed by atoms with Gasteiger partial charge in [0.1, 0.15) is 5.82 Å². The summed E-state index contributed by atoms with van der Waals surface area (Å²) in [7, 11) is 2.69. The van der Waals surface area contributed by atoms with E-state index < -0.39 is 57.0 Å². The number of carbonyl (C=O) groups excluding carboxylic acids is 4. The number of morpholine rings is 1. The van der Waals surface area contributed by atoms with Crippen LogP contribution in [0.4, 0.5) is 21.5 Å². The Bertz CT molecular complexity index is 2010. The number of amides is 4. The molecule has 6 unspecified atom stereocenters. The summed E-state index contributed by atoms with van der Waals surface area (Å²) in [6.07, 6.45) is 1.74. The second-order valence-corrected chi connectivity index (χ2v) is 14.9. The molecular formula is C38H34Cl2FN3O8. The molecule has 0 bridgehead atoms. The molecular weight excluding hydrogens is 716 g/mol. The summed E-state index contributed by atoms with van der Waals surface area (Å²) in [5.74, 6) is -6.97. The third-order valence-electron chi connectivity index (χ3n) is 11.2. The first-order valence-corrected chi connectivity index (χ1v) is 17.7. The van der Waals surface area contributed by atoms with Crippen molar-refractivity contribution in [3.05, 3.63) is 83.7 Å². The van der Waals surface area contributed by atoms with E-state index in [-0.39, 0.29) is 41.7 Å². The fraction of sp³-hybridized carbons (Fsp3) is 0.368. The quantitative estimate of drug-likeness (QED) is 0.207. The maximum Gasteiger partial charge on any atom is 0.258 e. The maximum atomic E-state index is 14.6. The number of halogens is 3. The number of carbonyl (C=O) groups is 4. The van der Waals surface area contributed by atoms with Crippen LogP contribution in [-0.4, -0.2) is 79.0 Å². The number of benzene rings is 3. The zero-order valence-corrected chi connectivity index (χ0v) is 29.7. The summed E-state index contributed by atoms with van der Waals surface area (Å²) in [5, 5.41) is 10.8. The molecule has 52 heavy (non-hydrogen) atoms. The highest BCUT2D eigenvalue weighted by atomic mass is 35.5. The smallest absolute Gasteiger partial charge is 0.258 e. The third kappa shape index (κ3) is 4.80. The molecule has 0 aromatic heterocycles. The number of phenolic OH excluding ortho intramolecular Hbond substituents is 1. The lowest BCUT2D eigenvalue weighted by Crippen LogP contribution is -2.60. The molecule has 14 heteroatoms. The average Bonchev–Trinajstić information content (AvgIpc) is 3.50. The molecule has 4 amide bonds. The molecule has 1 saturated carbocycles. The normalized spacial score (nSPS) is 29.9. The number of alkyl halides is 2. The van der Waals surface area contributed by atoms with Gasteiger partial charge >= 0.3 is 0 Å². The van der Waals surface area contributed by atoms with Crippen molar-refractivity contribution in [2.45, 2.75) is 28.5 Å². The minimum Gasteiger partial charge on any atom is -0.502 e. The summed E-state index contributed by atoms with van der Waals surface area (Å²) >= 11 is 14.9. The Hall–Kier alpha value is -4.65. The van der Waals surface area contributed by atoms with Crippen molar-refractivity contribution in [1.82, 2.24) is 0 Å². The van der Waals surface area contributed by atoms with Gasteiger partial charge in [-0.05, 0) is 85.0 Å². The second kappa shape index (κ2) is 12.5. The number of phenols is 1. The predicted octanol–water partition coefficient (Wildman–Crippen LogP) is 5.15. The minimum atomic E-state index is -2.16. The van der Waals surface area contributed by atoms with Crippen LogP contribution < -0.4 is 24.2 Å². The van der Waals surface area contributed by atoms with Gasteiger partial charge in [0.2, 0.25) is 17.6 Å². The van der Waals surface area contributed by atoms with Crippen molar-refractivity contribution in [3.63, 3.8) is 0 Å². The molecule has 5 aliphatic rings. The van der Waals surface area contributed by atoms with Gasteiger partial charge < -0.3 is 24.2 Å². The van der Waals surface area contributed by atoms with Gasteiger partial charge in [-0.25, -0.2) is 9.29 Å². The molecule has 270 valence electrons. The molecule has 4 fully saturated rings. The van der Waals surface area contributed by atoms with Gasteiger partial charge in [0.25, 0.3) is 11.8 Å². The van der Waals surface area contributed by atoms with Crippen LogP contribution in [0.2, 0.25) is 0 Å². The standard InChI is InChI=1S/C38H34Cl2FN3O8/c1-50-28-17-20(18-29(51-2)32(28)45)31-25-11-12-26-30(34(47)43(33(26)46)23-9-7-22(8-10-23)42-13-15-52-16-14-42)27(25)19-37(39)35(48)44(36(49)38(31,37)40)24-5-3-21(41)4-6-24/h3-11,17-18,26-27,30-31,45H,12-16,19H2,1-2H3. The topological polar surface area (TPSA) is 126 Å². The molecule has 2 aliphatic carbocycles. The third-order valence-corrected chi connectivity index (χ3v) is 12.6. The van der Waals surface area contributed by atoms with E-state index in [0.29, 0.717) is 30.0 Å². The molecule has 3 saturated heterocycles. The second-order valence-electron chi connectivity index (χ2n) is 13.7. The Morgan fingerprint density at radius 2 is 1.38 bits per heavy atom. The van der Waals surface area contributed by atoms with E-state index in [1.807, 2.05) is 18.2 Å². The van der Waals surface area contributed by atoms with Crippen molar-refractivity contribution in [3.8, 4) is 17.2 Å². The number of hydrogen-bond acceptors (Lipinski definition) is 9. The number of imide groups is 2. The van der Waals surface area contributed by atoms with Crippen molar-refractivity contribution in [1.29, 1.82) is 0 Å². The van der Waals surface area contributed by atoms with Gasteiger partial charge in [-0.1, -0.05) is 11.6 Å². The summed E-state index contributed by atoms with van der Waals surface area (Å²) in [5.41, 5.74) is 2.31. The van der Waals surface area contributed by atoms with Crippen LogP contribution in [0.3, 0.4) is 0 Å². The van der Waals surface area contributed by atoms with E-state index in [1.165, 1.54) is 43.4 Å². The Kier molecular flexibility index (Phi) is 8.27. The number of anilines is 3. The summed E-state index contributed by atoms with van der Waals surface area (Å²) < 4.78 is 30.3. The minimum absolute atomic E-state index is 0.0113. The van der Waals surface area contributed by atoms with Gasteiger partial charge in [0.05, 0.1) is 50.6 Å². The lowest BCUT2D eigenvalue weighted by Gasteiger charge is -2.50. The van der Waals surface area contributed by atoms with Gasteiger partial charge in [0, 0.05) is 24.7 Å². The first-order valence-electron chi connectivity index (χ1n) is 16.9. The van der Waals surface area contributed by atoms with Crippen LogP contribution in [0.25, 0.3) is 0 Å². The summed E-state index contributed by atoms with van der Waals surface area (Å²) in [4.78, 5) is 57.7. The molecule has 3 aromatic carbocycles. The van der Waals surface area contributed by atoms with Crippen LogP contribution in [0.15, 0.2) is 72.3 Å². The van der Waals surface area contributed by atoms with Crippen molar-refractivity contribution >= 4 is 63.9 Å². The summed E-state index contributed by atoms with van der Waals surface area (Å²) in [6, 6.07) is 15.0. The van der Waals surface area contributed by atoms with Crippen LogP contribution in [0.1, 0.15) is 24.3 Å². The monoisotopic (exact) mass is 749 g/mol. The Balaban J connectivity index is 1.24. The Morgan fingerprint density at radius 1 is 0.808 bits per heavy atom. The van der Waals surface area contributed by atoms with E-state index in [9.17, 15) is 28.7 Å². The first-order chi connectivity index (χ1) is 24.9. The molecule has 1 N–H and O–H groups in total. The molecule has 0 spiro atoms. The Labute approximate surface area is 308 Å². The lowest BCUT2D eigenvalue weighted by molar-refractivity contribution is -0.125. The van der Waals surface area contributed by atoms with Gasteiger partial charge in [0.15, 0.2) is 21.2 Å². The predicted molar refractivity (Wildman–Crippen MR) is 190 cm³/mol. The van der Waals surface area contributed by atoms with E-state index in [0.717, 1.165) is 35.8 Å². The van der Waals surface area contributed by atoms with E-state index in [2.05, 4.69) is 4.90 Å². The van der Waals surface area contributed by atoms with E-state index in [1.54, 1.807) is 12.1 Å². The molecule has 11 nitrogen and oxygen atoms in total. The number of hydrogen-bond donors (Lipinski definition) is 1. The van der Waals surface area contributed by atoms with Gasteiger partial charge in [-0.15, -0.1) is 23.2 Å². The number of allylic oxidation sites excluding steroid dienone is 2. The van der Waals surface area contributed by atoms with Crippen LogP contribution in [0.5, 0.6) is 17.2 Å². The molecule has 8 rings (SSSR count). The van der Waals surface area contributed by atoms with Crippen molar-refractivity contribution in [2.24, 2.45) is 17.8 Å². The number of ether oxygens (including phenoxy) is 3. The summed E-state index contributed by atoms with van der Waals surface area (Å²) in [6.45, 7) is 2.67. The molecule has 3 aromatic rings. The number of nitrogens with zero attached hydrogens (tertiary/aromatic N) is 3. The van der Waals surface area contributed by atoms with E-state index in [4.69, 9.17) is 37.4 Å². The zero-order chi connectivity index (χ0) is 36.7. The van der Waals surface area contributed by atoms with Gasteiger partial charge in [-0.3, -0.25) is 24.1 Å². The Morgan fingerprint density at radius 3 is 2.00 bits per heavy atom. The van der Waals surface area contributed by atoms with Crippen molar-refractivity contribution in [2.75, 3.05) is 55.2 Å². The van der Waals surface area contributed by atoms with Crippen LogP contribution >= 0.6 is 23.2 Å². The highest BCUT2D eigenvalue weighted by molar-refractivity contribution is 6.58. The van der Waals surface area contributed by atoms with Crippen LogP contribution in [-0.2, 0) is 23.9 Å². The van der Waals surface area contributed by atoms with Crippen LogP contribution in [0, 0.1) is 23.6 Å². The molecule has 3 aliphatic heterocycles. The van der Waals surface area contributed by atoms with Gasteiger partial charge in [-0.2, -0.15) is 0 Å². The number of aromatic hydroxyl groups is 1.